The molecule has 0 saturated carbocycles. The molecule has 0 aromatic carbocycles. The first-order valence-corrected chi connectivity index (χ1v) is 6.48. The van der Waals surface area contributed by atoms with Crippen molar-refractivity contribution < 1.29 is 9.53 Å². The molecule has 3 atom stereocenters. The van der Waals surface area contributed by atoms with E-state index >= 15 is 0 Å². The van der Waals surface area contributed by atoms with Crippen LogP contribution in [0.2, 0.25) is 0 Å². The molecular weight excluding hydrogens is 216 g/mol. The molecule has 0 spiro atoms. The number of likely N-dealkylation sites (tertiary alicyclic amines) is 1. The van der Waals surface area contributed by atoms with Crippen LogP contribution in [0, 0.1) is 5.92 Å². The predicted octanol–water partition coefficient (Wildman–Crippen LogP) is 1.26. The van der Waals surface area contributed by atoms with Crippen LogP contribution in [-0.4, -0.2) is 49.7 Å². The summed E-state index contributed by atoms with van der Waals surface area (Å²) in [5, 5.41) is 3.44. The second-order valence-corrected chi connectivity index (χ2v) is 5.59. The minimum Gasteiger partial charge on any atom is -0.468 e. The largest absolute Gasteiger partial charge is 0.468 e. The highest BCUT2D eigenvalue weighted by Crippen LogP contribution is 2.17. The molecule has 3 unspecified atom stereocenters. The van der Waals surface area contributed by atoms with Gasteiger partial charge in [0.05, 0.1) is 7.11 Å². The molecule has 1 fully saturated rings. The number of likely N-dealkylation sites (N-methyl/N-ethyl adjacent to an activating group) is 1. The van der Waals surface area contributed by atoms with Crippen molar-refractivity contribution in [1.82, 2.24) is 10.2 Å². The lowest BCUT2D eigenvalue weighted by Gasteiger charge is -2.22. The fourth-order valence-corrected chi connectivity index (χ4v) is 2.45. The second-order valence-electron chi connectivity index (χ2n) is 5.59. The van der Waals surface area contributed by atoms with Crippen LogP contribution in [0.1, 0.15) is 33.6 Å². The summed E-state index contributed by atoms with van der Waals surface area (Å²) < 4.78 is 4.86. The fourth-order valence-electron chi connectivity index (χ4n) is 2.45. The Kier molecular flexibility index (Phi) is 5.40. The van der Waals surface area contributed by atoms with Gasteiger partial charge in [-0.3, -0.25) is 4.79 Å². The van der Waals surface area contributed by atoms with Crippen molar-refractivity contribution in [3.8, 4) is 0 Å². The third-order valence-corrected chi connectivity index (χ3v) is 3.52. The van der Waals surface area contributed by atoms with E-state index in [1.165, 1.54) is 7.11 Å². The average molecular weight is 242 g/mol. The Morgan fingerprint density at radius 2 is 2.18 bits per heavy atom. The molecule has 4 nitrogen and oxygen atoms in total. The molecule has 1 heterocycles. The zero-order valence-corrected chi connectivity index (χ0v) is 11.7. The van der Waals surface area contributed by atoms with E-state index in [0.717, 1.165) is 19.4 Å². The van der Waals surface area contributed by atoms with Crippen molar-refractivity contribution in [3.63, 3.8) is 0 Å². The van der Waals surface area contributed by atoms with Crippen LogP contribution in [0.3, 0.4) is 0 Å². The summed E-state index contributed by atoms with van der Waals surface area (Å²) in [5.41, 5.74) is 0. The van der Waals surface area contributed by atoms with Gasteiger partial charge in [0.15, 0.2) is 0 Å². The van der Waals surface area contributed by atoms with E-state index in [-0.39, 0.29) is 12.0 Å². The van der Waals surface area contributed by atoms with Gasteiger partial charge in [0, 0.05) is 18.6 Å². The summed E-state index contributed by atoms with van der Waals surface area (Å²) in [6.07, 6.45) is 1.93. The molecule has 0 aliphatic carbocycles. The molecule has 0 aromatic heterocycles. The molecule has 17 heavy (non-hydrogen) atoms. The summed E-state index contributed by atoms with van der Waals surface area (Å²) in [4.78, 5) is 14.0. The molecule has 0 amide bonds. The molecule has 1 saturated heterocycles. The quantitative estimate of drug-likeness (QED) is 0.737. The number of rotatable bonds is 5. The van der Waals surface area contributed by atoms with Gasteiger partial charge >= 0.3 is 5.97 Å². The van der Waals surface area contributed by atoms with E-state index in [1.54, 1.807) is 0 Å². The third kappa shape index (κ3) is 4.28. The van der Waals surface area contributed by atoms with Crippen LogP contribution < -0.4 is 5.32 Å². The van der Waals surface area contributed by atoms with Gasteiger partial charge in [-0.1, -0.05) is 13.8 Å². The van der Waals surface area contributed by atoms with Crippen molar-refractivity contribution in [2.24, 2.45) is 5.92 Å². The van der Waals surface area contributed by atoms with Gasteiger partial charge < -0.3 is 15.0 Å². The number of esters is 1. The van der Waals surface area contributed by atoms with Crippen LogP contribution in [0.4, 0.5) is 0 Å². The van der Waals surface area contributed by atoms with E-state index in [1.807, 2.05) is 0 Å². The molecule has 1 rings (SSSR count). The minimum absolute atomic E-state index is 0.138. The monoisotopic (exact) mass is 242 g/mol. The number of hydrogen-bond donors (Lipinski definition) is 1. The number of nitrogens with zero attached hydrogens (tertiary/aromatic N) is 1. The van der Waals surface area contributed by atoms with Crippen LogP contribution in [0.15, 0.2) is 0 Å². The average Bonchev–Trinajstić information content (AvgIpc) is 2.55. The van der Waals surface area contributed by atoms with Crippen LogP contribution in [-0.2, 0) is 9.53 Å². The van der Waals surface area contributed by atoms with Gasteiger partial charge in [-0.25, -0.2) is 0 Å². The van der Waals surface area contributed by atoms with Crippen LogP contribution >= 0.6 is 0 Å². The predicted molar refractivity (Wildman–Crippen MR) is 68.9 cm³/mol. The number of hydrogen-bond acceptors (Lipinski definition) is 4. The van der Waals surface area contributed by atoms with Crippen molar-refractivity contribution in [3.05, 3.63) is 0 Å². The smallest absolute Gasteiger partial charge is 0.322 e. The molecular formula is C13H26N2O2. The van der Waals surface area contributed by atoms with Crippen LogP contribution in [0.5, 0.6) is 0 Å². The number of nitrogens with one attached hydrogen (secondary N) is 1. The lowest BCUT2D eigenvalue weighted by Crippen LogP contribution is -2.45. The topological polar surface area (TPSA) is 41.6 Å². The summed E-state index contributed by atoms with van der Waals surface area (Å²) >= 11 is 0. The fraction of sp³-hybridized carbons (Fsp3) is 0.923. The third-order valence-electron chi connectivity index (χ3n) is 3.52. The number of carbonyl (C=O) groups is 1. The molecule has 1 aliphatic heterocycles. The molecule has 0 bridgehead atoms. The molecule has 1 aliphatic rings. The Hall–Kier alpha value is -0.610. The lowest BCUT2D eigenvalue weighted by atomic mass is 10.0. The van der Waals surface area contributed by atoms with E-state index in [9.17, 15) is 4.79 Å². The molecule has 1 N–H and O–H groups in total. The van der Waals surface area contributed by atoms with Gasteiger partial charge in [0.25, 0.3) is 0 Å². The Balaban J connectivity index is 2.51. The van der Waals surface area contributed by atoms with Gasteiger partial charge in [-0.05, 0) is 32.7 Å². The van der Waals surface area contributed by atoms with Crippen LogP contribution in [0.25, 0.3) is 0 Å². The SMILES string of the molecule is COC(=O)C(CC(C)C)NC1CC(C)N(C)C1. The maximum absolute atomic E-state index is 11.7. The summed E-state index contributed by atoms with van der Waals surface area (Å²) in [6, 6.07) is 0.825. The number of methoxy groups -OCH3 is 1. The zero-order chi connectivity index (χ0) is 13.0. The number of ether oxygens (including phenoxy) is 1. The Morgan fingerprint density at radius 3 is 2.59 bits per heavy atom. The first-order valence-electron chi connectivity index (χ1n) is 6.48. The highest BCUT2D eigenvalue weighted by molar-refractivity contribution is 5.75. The van der Waals surface area contributed by atoms with Crippen molar-refractivity contribution in [2.45, 2.75) is 51.7 Å². The maximum Gasteiger partial charge on any atom is 0.322 e. The Labute approximate surface area is 105 Å². The Bertz CT molecular complexity index is 246. The van der Waals surface area contributed by atoms with E-state index in [2.05, 4.69) is 38.0 Å². The van der Waals surface area contributed by atoms with Gasteiger partial charge in [-0.15, -0.1) is 0 Å². The van der Waals surface area contributed by atoms with Crippen molar-refractivity contribution in [1.29, 1.82) is 0 Å². The minimum atomic E-state index is -0.163. The normalized spacial score (nSPS) is 27.4. The molecule has 100 valence electrons. The summed E-state index contributed by atoms with van der Waals surface area (Å²) in [7, 11) is 3.59. The van der Waals surface area contributed by atoms with Gasteiger partial charge in [-0.2, -0.15) is 0 Å². The molecule has 0 aromatic rings. The Morgan fingerprint density at radius 1 is 1.53 bits per heavy atom. The summed E-state index contributed by atoms with van der Waals surface area (Å²) in [5.74, 6) is 0.351. The zero-order valence-electron chi connectivity index (χ0n) is 11.7. The van der Waals surface area contributed by atoms with Gasteiger partial charge in [0.2, 0.25) is 0 Å². The highest BCUT2D eigenvalue weighted by Gasteiger charge is 2.30. The molecule has 0 radical (unpaired) electrons. The van der Waals surface area contributed by atoms with Crippen molar-refractivity contribution >= 4 is 5.97 Å². The van der Waals surface area contributed by atoms with E-state index in [0.29, 0.717) is 18.0 Å². The van der Waals surface area contributed by atoms with E-state index in [4.69, 9.17) is 4.74 Å². The molecule has 4 heteroatoms. The van der Waals surface area contributed by atoms with E-state index < -0.39 is 0 Å². The standard InChI is InChI=1S/C13H26N2O2/c1-9(2)6-12(13(16)17-5)14-11-7-10(3)15(4)8-11/h9-12,14H,6-8H2,1-5H3. The summed E-state index contributed by atoms with van der Waals surface area (Å²) in [6.45, 7) is 7.48. The maximum atomic E-state index is 11.7. The first kappa shape index (κ1) is 14.5. The second kappa shape index (κ2) is 6.36. The first-order chi connectivity index (χ1) is 7.93. The highest BCUT2D eigenvalue weighted by atomic mass is 16.5. The lowest BCUT2D eigenvalue weighted by molar-refractivity contribution is -0.143. The number of carbonyl (C=O) groups excluding carboxylic acids is 1. The van der Waals surface area contributed by atoms with Gasteiger partial charge in [0.1, 0.15) is 6.04 Å². The van der Waals surface area contributed by atoms with Crippen molar-refractivity contribution in [2.75, 3.05) is 20.7 Å².